The average Bonchev–Trinajstić information content (AvgIpc) is 3.26. The highest BCUT2D eigenvalue weighted by Crippen LogP contribution is 2.45. The van der Waals surface area contributed by atoms with E-state index in [1.807, 2.05) is 20.8 Å². The summed E-state index contributed by atoms with van der Waals surface area (Å²) in [6.07, 6.45) is -3.33. The number of rotatable bonds is 3. The van der Waals surface area contributed by atoms with E-state index >= 15 is 0 Å². The summed E-state index contributed by atoms with van der Waals surface area (Å²) >= 11 is 3.19. The Hall–Kier alpha value is -1.48. The number of carbonyl (C=O) groups excluding carboxylic acids is 1. The molecule has 0 atom stereocenters. The van der Waals surface area contributed by atoms with Crippen molar-refractivity contribution in [2.24, 2.45) is 0 Å². The SMILES string of the molecule is CC(C)(C)OC(=O)N1CCN(Cc2ccc(Br)cc2OC(F)(F)F)CC12CC2. The zero-order valence-electron chi connectivity index (χ0n) is 16.1. The Morgan fingerprint density at radius 1 is 1.21 bits per heavy atom. The van der Waals surface area contributed by atoms with Gasteiger partial charge in [-0.3, -0.25) is 9.80 Å². The summed E-state index contributed by atoms with van der Waals surface area (Å²) < 4.78 is 48.4. The fourth-order valence-corrected chi connectivity index (χ4v) is 3.83. The zero-order valence-corrected chi connectivity index (χ0v) is 17.7. The minimum atomic E-state index is -4.75. The Labute approximate surface area is 170 Å². The van der Waals surface area contributed by atoms with Crippen molar-refractivity contribution in [2.75, 3.05) is 19.6 Å². The van der Waals surface area contributed by atoms with Crippen molar-refractivity contribution in [2.45, 2.75) is 57.7 Å². The first-order chi connectivity index (χ1) is 12.9. The smallest absolute Gasteiger partial charge is 0.444 e. The Morgan fingerprint density at radius 2 is 1.89 bits per heavy atom. The number of benzene rings is 1. The first kappa shape index (κ1) is 21.2. The van der Waals surface area contributed by atoms with E-state index in [9.17, 15) is 18.0 Å². The lowest BCUT2D eigenvalue weighted by atomic mass is 10.1. The van der Waals surface area contributed by atoms with E-state index in [0.717, 1.165) is 12.8 Å². The summed E-state index contributed by atoms with van der Waals surface area (Å²) in [7, 11) is 0. The van der Waals surface area contributed by atoms with Crippen LogP contribution in [0.2, 0.25) is 0 Å². The number of hydrogen-bond donors (Lipinski definition) is 0. The number of piperazine rings is 1. The molecule has 2 fully saturated rings. The maximum Gasteiger partial charge on any atom is 0.573 e. The van der Waals surface area contributed by atoms with Crippen LogP contribution in [0.4, 0.5) is 18.0 Å². The van der Waals surface area contributed by atoms with Crippen molar-refractivity contribution in [1.82, 2.24) is 9.80 Å². The maximum absolute atomic E-state index is 12.7. The van der Waals surface area contributed by atoms with Crippen molar-refractivity contribution in [3.63, 3.8) is 0 Å². The first-order valence-electron chi connectivity index (χ1n) is 9.14. The summed E-state index contributed by atoms with van der Waals surface area (Å²) in [5.74, 6) is -0.207. The van der Waals surface area contributed by atoms with E-state index in [1.165, 1.54) is 6.07 Å². The highest BCUT2D eigenvalue weighted by atomic mass is 79.9. The van der Waals surface area contributed by atoms with Gasteiger partial charge >= 0.3 is 12.5 Å². The molecular weight excluding hydrogens is 441 g/mol. The van der Waals surface area contributed by atoms with Gasteiger partial charge in [0.2, 0.25) is 0 Å². The van der Waals surface area contributed by atoms with Gasteiger partial charge in [-0.1, -0.05) is 22.0 Å². The van der Waals surface area contributed by atoms with Gasteiger partial charge in [-0.15, -0.1) is 13.2 Å². The fourth-order valence-electron chi connectivity index (χ4n) is 3.49. The van der Waals surface area contributed by atoms with Crippen LogP contribution in [0.1, 0.15) is 39.2 Å². The molecular formula is C19H24BrF3N2O3. The standard InChI is InChI=1S/C19H24BrF3N2O3/c1-17(2,3)28-16(26)25-9-8-24(12-18(25)6-7-18)11-13-4-5-14(20)10-15(13)27-19(21,22)23/h4-5,10H,6-9,11-12H2,1-3H3. The Bertz CT molecular complexity index is 745. The molecule has 0 unspecified atom stereocenters. The van der Waals surface area contributed by atoms with Gasteiger partial charge in [0.1, 0.15) is 11.4 Å². The van der Waals surface area contributed by atoms with Crippen molar-refractivity contribution in [3.05, 3.63) is 28.2 Å². The fraction of sp³-hybridized carbons (Fsp3) is 0.632. The van der Waals surface area contributed by atoms with Crippen LogP contribution in [-0.4, -0.2) is 53.0 Å². The first-order valence-corrected chi connectivity index (χ1v) is 9.93. The summed E-state index contributed by atoms with van der Waals surface area (Å²) in [6, 6.07) is 4.65. The van der Waals surface area contributed by atoms with E-state index in [0.29, 0.717) is 36.2 Å². The van der Waals surface area contributed by atoms with Gasteiger partial charge < -0.3 is 9.47 Å². The third-order valence-corrected chi connectivity index (χ3v) is 5.31. The van der Waals surface area contributed by atoms with Gasteiger partial charge in [0.15, 0.2) is 0 Å². The van der Waals surface area contributed by atoms with Crippen LogP contribution >= 0.6 is 15.9 Å². The molecule has 1 amide bonds. The number of halogens is 4. The number of hydrogen-bond acceptors (Lipinski definition) is 4. The minimum absolute atomic E-state index is 0.207. The van der Waals surface area contributed by atoms with Gasteiger partial charge in [0, 0.05) is 36.2 Å². The van der Waals surface area contributed by atoms with Crippen molar-refractivity contribution >= 4 is 22.0 Å². The molecule has 0 bridgehead atoms. The Morgan fingerprint density at radius 3 is 2.46 bits per heavy atom. The number of alkyl halides is 3. The molecule has 5 nitrogen and oxygen atoms in total. The predicted molar refractivity (Wildman–Crippen MR) is 101 cm³/mol. The number of nitrogens with zero attached hydrogens (tertiary/aromatic N) is 2. The molecule has 1 spiro atoms. The third kappa shape index (κ3) is 5.31. The highest BCUT2D eigenvalue weighted by molar-refractivity contribution is 9.10. The zero-order chi connectivity index (χ0) is 20.7. The van der Waals surface area contributed by atoms with Gasteiger partial charge in [-0.05, 0) is 45.7 Å². The molecule has 28 heavy (non-hydrogen) atoms. The second-order valence-corrected chi connectivity index (χ2v) is 9.28. The van der Waals surface area contributed by atoms with Crippen molar-refractivity contribution in [1.29, 1.82) is 0 Å². The normalized spacial score (nSPS) is 19.6. The van der Waals surface area contributed by atoms with Crippen molar-refractivity contribution < 1.29 is 27.4 Å². The molecule has 1 saturated carbocycles. The van der Waals surface area contributed by atoms with E-state index in [4.69, 9.17) is 4.74 Å². The van der Waals surface area contributed by atoms with Gasteiger partial charge in [0.05, 0.1) is 5.54 Å². The lowest BCUT2D eigenvalue weighted by molar-refractivity contribution is -0.275. The molecule has 3 rings (SSSR count). The van der Waals surface area contributed by atoms with Crippen molar-refractivity contribution in [3.8, 4) is 5.75 Å². The monoisotopic (exact) mass is 464 g/mol. The molecule has 156 valence electrons. The molecule has 9 heteroatoms. The molecule has 1 saturated heterocycles. The van der Waals surface area contributed by atoms with Crippen LogP contribution < -0.4 is 4.74 Å². The van der Waals surface area contributed by atoms with E-state index in [2.05, 4.69) is 25.6 Å². The Kier molecular flexibility index (Phi) is 5.62. The molecule has 1 heterocycles. The number of ether oxygens (including phenoxy) is 2. The van der Waals surface area contributed by atoms with E-state index in [-0.39, 0.29) is 17.4 Å². The minimum Gasteiger partial charge on any atom is -0.444 e. The van der Waals surface area contributed by atoms with E-state index < -0.39 is 12.0 Å². The van der Waals surface area contributed by atoms with Crippen LogP contribution in [-0.2, 0) is 11.3 Å². The third-order valence-electron chi connectivity index (χ3n) is 4.82. The average molecular weight is 465 g/mol. The Balaban J connectivity index is 1.69. The summed E-state index contributed by atoms with van der Waals surface area (Å²) in [6.45, 7) is 7.46. The van der Waals surface area contributed by atoms with Crippen LogP contribution in [0, 0.1) is 0 Å². The maximum atomic E-state index is 12.7. The molecule has 1 aliphatic carbocycles. The van der Waals surface area contributed by atoms with Crippen LogP contribution in [0.15, 0.2) is 22.7 Å². The predicted octanol–water partition coefficient (Wildman–Crippen LogP) is 4.93. The van der Waals surface area contributed by atoms with Gasteiger partial charge in [-0.2, -0.15) is 0 Å². The second-order valence-electron chi connectivity index (χ2n) is 8.37. The summed E-state index contributed by atoms with van der Waals surface area (Å²) in [4.78, 5) is 16.4. The molecule has 0 radical (unpaired) electrons. The molecule has 0 aromatic heterocycles. The second kappa shape index (κ2) is 7.40. The summed E-state index contributed by atoms with van der Waals surface area (Å²) in [5, 5.41) is 0. The molecule has 1 aromatic rings. The highest BCUT2D eigenvalue weighted by Gasteiger charge is 2.54. The quantitative estimate of drug-likeness (QED) is 0.635. The number of carbonyl (C=O) groups is 1. The molecule has 2 aliphatic rings. The molecule has 0 N–H and O–H groups in total. The number of amides is 1. The topological polar surface area (TPSA) is 42.0 Å². The lowest BCUT2D eigenvalue weighted by Gasteiger charge is -2.42. The lowest BCUT2D eigenvalue weighted by Crippen LogP contribution is -2.57. The largest absolute Gasteiger partial charge is 0.573 e. The summed E-state index contributed by atoms with van der Waals surface area (Å²) in [5.41, 5.74) is -0.380. The molecule has 1 aliphatic heterocycles. The van der Waals surface area contributed by atoms with E-state index in [1.54, 1.807) is 17.0 Å². The van der Waals surface area contributed by atoms with Crippen LogP contribution in [0.5, 0.6) is 5.75 Å². The van der Waals surface area contributed by atoms with Gasteiger partial charge in [-0.25, -0.2) is 4.79 Å². The van der Waals surface area contributed by atoms with Crippen LogP contribution in [0.3, 0.4) is 0 Å². The molecule has 1 aromatic carbocycles. The van der Waals surface area contributed by atoms with Gasteiger partial charge in [0.25, 0.3) is 0 Å². The van der Waals surface area contributed by atoms with Crippen LogP contribution in [0.25, 0.3) is 0 Å².